The van der Waals surface area contributed by atoms with Crippen molar-refractivity contribution in [3.8, 4) is 5.88 Å². The van der Waals surface area contributed by atoms with E-state index < -0.39 is 11.9 Å². The van der Waals surface area contributed by atoms with Gasteiger partial charge >= 0.3 is 5.97 Å². The molecular weight excluding hydrogens is 268 g/mol. The molecule has 21 heavy (non-hydrogen) atoms. The van der Waals surface area contributed by atoms with Gasteiger partial charge in [-0.1, -0.05) is 29.8 Å². The Morgan fingerprint density at radius 3 is 2.81 bits per heavy atom. The normalized spacial score (nSPS) is 11.9. The van der Waals surface area contributed by atoms with Crippen molar-refractivity contribution in [2.24, 2.45) is 0 Å². The maximum absolute atomic E-state index is 11.6. The van der Waals surface area contributed by atoms with Gasteiger partial charge in [0, 0.05) is 6.07 Å². The average Bonchev–Trinajstić information content (AvgIpc) is 2.45. The first-order valence-electron chi connectivity index (χ1n) is 6.83. The molecule has 0 radical (unpaired) electrons. The lowest BCUT2D eigenvalue weighted by Gasteiger charge is -2.13. The van der Waals surface area contributed by atoms with Gasteiger partial charge < -0.3 is 9.84 Å². The molecule has 1 aromatic heterocycles. The minimum absolute atomic E-state index is 0.388. The van der Waals surface area contributed by atoms with Crippen LogP contribution in [0.15, 0.2) is 36.7 Å². The van der Waals surface area contributed by atoms with Crippen molar-refractivity contribution >= 4 is 5.97 Å². The Bertz CT molecular complexity index is 628. The highest BCUT2D eigenvalue weighted by atomic mass is 16.5. The van der Waals surface area contributed by atoms with E-state index in [1.165, 1.54) is 6.33 Å². The lowest BCUT2D eigenvalue weighted by molar-refractivity contribution is -0.138. The molecule has 5 heteroatoms. The number of aryl methyl sites for hydroxylation is 1. The van der Waals surface area contributed by atoms with Crippen LogP contribution in [0, 0.1) is 6.92 Å². The first kappa shape index (κ1) is 15.0. The Labute approximate surface area is 123 Å². The van der Waals surface area contributed by atoms with Gasteiger partial charge in [-0.05, 0) is 25.8 Å². The van der Waals surface area contributed by atoms with Crippen molar-refractivity contribution in [2.45, 2.75) is 26.2 Å². The fourth-order valence-electron chi connectivity index (χ4n) is 2.16. The number of rotatable bonds is 6. The summed E-state index contributed by atoms with van der Waals surface area (Å²) >= 11 is 0. The zero-order valence-electron chi connectivity index (χ0n) is 12.1. The molecule has 2 rings (SSSR count). The van der Waals surface area contributed by atoms with Crippen molar-refractivity contribution in [1.29, 1.82) is 0 Å². The summed E-state index contributed by atoms with van der Waals surface area (Å²) in [7, 11) is 0. The highest BCUT2D eigenvalue weighted by Gasteiger charge is 2.22. The number of nitrogens with zero attached hydrogens (tertiary/aromatic N) is 2. The van der Waals surface area contributed by atoms with Gasteiger partial charge in [-0.25, -0.2) is 9.97 Å². The zero-order chi connectivity index (χ0) is 15.2. The van der Waals surface area contributed by atoms with Gasteiger partial charge in [0.15, 0.2) is 0 Å². The summed E-state index contributed by atoms with van der Waals surface area (Å²) in [6.07, 6.45) is 1.73. The van der Waals surface area contributed by atoms with E-state index in [1.807, 2.05) is 38.1 Å². The quantitative estimate of drug-likeness (QED) is 0.883. The summed E-state index contributed by atoms with van der Waals surface area (Å²) in [6.45, 7) is 4.31. The van der Waals surface area contributed by atoms with Gasteiger partial charge in [-0.15, -0.1) is 0 Å². The molecule has 0 amide bonds. The lowest BCUT2D eigenvalue weighted by atomic mass is 9.95. The van der Waals surface area contributed by atoms with Crippen LogP contribution < -0.4 is 4.74 Å². The molecule has 0 fully saturated rings. The molecular formula is C16H18N2O3. The Balaban J connectivity index is 2.26. The predicted octanol–water partition coefficient (Wildman–Crippen LogP) is 2.59. The maximum atomic E-state index is 11.6. The number of carboxylic acids is 1. The SMILES string of the molecule is CCOc1cc(C(Cc2cccc(C)c2)C(=O)O)ncn1. The number of benzene rings is 1. The molecule has 2 aromatic rings. The van der Waals surface area contributed by atoms with Crippen LogP contribution in [-0.2, 0) is 11.2 Å². The highest BCUT2D eigenvalue weighted by molar-refractivity contribution is 5.76. The van der Waals surface area contributed by atoms with Gasteiger partial charge in [-0.3, -0.25) is 4.79 Å². The number of carboxylic acid groups (broad SMARTS) is 1. The minimum Gasteiger partial charge on any atom is -0.481 e. The summed E-state index contributed by atoms with van der Waals surface area (Å²) < 4.78 is 5.30. The minimum atomic E-state index is -0.905. The van der Waals surface area contributed by atoms with E-state index in [2.05, 4.69) is 9.97 Å². The molecule has 0 aliphatic carbocycles. The Hall–Kier alpha value is -2.43. The van der Waals surface area contributed by atoms with Gasteiger partial charge in [0.1, 0.15) is 12.2 Å². The molecule has 0 bridgehead atoms. The van der Waals surface area contributed by atoms with E-state index in [4.69, 9.17) is 4.74 Å². The third-order valence-electron chi connectivity index (χ3n) is 3.13. The second kappa shape index (κ2) is 6.83. The average molecular weight is 286 g/mol. The number of aliphatic carboxylic acids is 1. The van der Waals surface area contributed by atoms with Crippen LogP contribution in [0.1, 0.15) is 29.7 Å². The molecule has 1 aromatic carbocycles. The van der Waals surface area contributed by atoms with Crippen molar-refractivity contribution in [3.05, 3.63) is 53.5 Å². The standard InChI is InChI=1S/C16H18N2O3/c1-3-21-15-9-14(17-10-18-15)13(16(19)20)8-12-6-4-5-11(2)7-12/h4-7,9-10,13H,3,8H2,1-2H3,(H,19,20). The summed E-state index contributed by atoms with van der Waals surface area (Å²) in [5, 5.41) is 9.48. The molecule has 0 aliphatic heterocycles. The first-order chi connectivity index (χ1) is 10.1. The summed E-state index contributed by atoms with van der Waals surface area (Å²) in [5.74, 6) is -1.22. The molecule has 0 spiro atoms. The Kier molecular flexibility index (Phi) is 4.87. The number of ether oxygens (including phenoxy) is 1. The highest BCUT2D eigenvalue weighted by Crippen LogP contribution is 2.22. The van der Waals surface area contributed by atoms with Crippen molar-refractivity contribution < 1.29 is 14.6 Å². The maximum Gasteiger partial charge on any atom is 0.312 e. The largest absolute Gasteiger partial charge is 0.481 e. The molecule has 110 valence electrons. The van der Waals surface area contributed by atoms with E-state index >= 15 is 0 Å². The summed E-state index contributed by atoms with van der Waals surface area (Å²) in [4.78, 5) is 19.6. The van der Waals surface area contributed by atoms with Gasteiger partial charge in [0.05, 0.1) is 12.3 Å². The number of carbonyl (C=O) groups is 1. The van der Waals surface area contributed by atoms with E-state index in [0.717, 1.165) is 11.1 Å². The molecule has 1 heterocycles. The van der Waals surface area contributed by atoms with Crippen LogP contribution in [0.25, 0.3) is 0 Å². The lowest BCUT2D eigenvalue weighted by Crippen LogP contribution is -2.16. The van der Waals surface area contributed by atoms with Crippen LogP contribution in [0.5, 0.6) is 5.88 Å². The Morgan fingerprint density at radius 2 is 2.14 bits per heavy atom. The second-order valence-electron chi connectivity index (χ2n) is 4.80. The Morgan fingerprint density at radius 1 is 1.33 bits per heavy atom. The molecule has 5 nitrogen and oxygen atoms in total. The van der Waals surface area contributed by atoms with Gasteiger partial charge in [0.25, 0.3) is 0 Å². The van der Waals surface area contributed by atoms with E-state index in [1.54, 1.807) is 6.07 Å². The second-order valence-corrected chi connectivity index (χ2v) is 4.80. The van der Waals surface area contributed by atoms with E-state index in [0.29, 0.717) is 24.6 Å². The smallest absolute Gasteiger partial charge is 0.312 e. The van der Waals surface area contributed by atoms with Crippen LogP contribution in [-0.4, -0.2) is 27.7 Å². The third-order valence-corrected chi connectivity index (χ3v) is 3.13. The summed E-state index contributed by atoms with van der Waals surface area (Å²) in [6, 6.07) is 9.42. The zero-order valence-corrected chi connectivity index (χ0v) is 12.1. The fourth-order valence-corrected chi connectivity index (χ4v) is 2.16. The van der Waals surface area contributed by atoms with Crippen LogP contribution in [0.2, 0.25) is 0 Å². The number of aromatic nitrogens is 2. The molecule has 1 N–H and O–H groups in total. The van der Waals surface area contributed by atoms with Crippen molar-refractivity contribution in [2.75, 3.05) is 6.61 Å². The topological polar surface area (TPSA) is 72.3 Å². The fraction of sp³-hybridized carbons (Fsp3) is 0.312. The number of hydrogen-bond donors (Lipinski definition) is 1. The van der Waals surface area contributed by atoms with E-state index in [9.17, 15) is 9.90 Å². The third kappa shape index (κ3) is 4.02. The van der Waals surface area contributed by atoms with Gasteiger partial charge in [-0.2, -0.15) is 0 Å². The molecule has 0 saturated carbocycles. The van der Waals surface area contributed by atoms with Crippen LogP contribution in [0.3, 0.4) is 0 Å². The predicted molar refractivity (Wildman–Crippen MR) is 78.5 cm³/mol. The van der Waals surface area contributed by atoms with E-state index in [-0.39, 0.29) is 0 Å². The van der Waals surface area contributed by atoms with Gasteiger partial charge in [0.2, 0.25) is 5.88 Å². The van der Waals surface area contributed by atoms with Crippen molar-refractivity contribution in [1.82, 2.24) is 9.97 Å². The molecule has 1 atom stereocenters. The number of hydrogen-bond acceptors (Lipinski definition) is 4. The van der Waals surface area contributed by atoms with Crippen molar-refractivity contribution in [3.63, 3.8) is 0 Å². The van der Waals surface area contributed by atoms with Crippen LogP contribution >= 0.6 is 0 Å². The first-order valence-corrected chi connectivity index (χ1v) is 6.83. The summed E-state index contributed by atoms with van der Waals surface area (Å²) in [5.41, 5.74) is 2.54. The molecule has 0 saturated heterocycles. The van der Waals surface area contributed by atoms with Crippen LogP contribution in [0.4, 0.5) is 0 Å². The molecule has 0 aliphatic rings. The monoisotopic (exact) mass is 286 g/mol. The molecule has 1 unspecified atom stereocenters.